The second kappa shape index (κ2) is 6.95. The summed E-state index contributed by atoms with van der Waals surface area (Å²) in [5.41, 5.74) is 6.51. The molecule has 25 heavy (non-hydrogen) atoms. The van der Waals surface area contributed by atoms with Gasteiger partial charge in [0, 0.05) is 23.7 Å². The molecule has 2 heterocycles. The van der Waals surface area contributed by atoms with Gasteiger partial charge in [-0.25, -0.2) is 13.1 Å². The van der Waals surface area contributed by atoms with Crippen LogP contribution in [0.25, 0.3) is 5.69 Å². The van der Waals surface area contributed by atoms with Crippen LogP contribution in [0.1, 0.15) is 19.8 Å². The Hall–Kier alpha value is -1.61. The van der Waals surface area contributed by atoms with Crippen LogP contribution in [-0.4, -0.2) is 48.2 Å². The smallest absolute Gasteiger partial charge is 0.246 e. The maximum absolute atomic E-state index is 12.9. The fraction of sp³-hybridized carbons (Fsp3) is 0.438. The van der Waals surface area contributed by atoms with Gasteiger partial charge in [-0.1, -0.05) is 11.6 Å². The third-order valence-corrected chi connectivity index (χ3v) is 6.61. The van der Waals surface area contributed by atoms with E-state index in [0.29, 0.717) is 35.8 Å². The maximum Gasteiger partial charge on any atom is 0.246 e. The average Bonchev–Trinajstić information content (AvgIpc) is 3.05. The normalized spacial score (nSPS) is 22.1. The molecule has 136 valence electrons. The highest BCUT2D eigenvalue weighted by Gasteiger charge is 2.34. The van der Waals surface area contributed by atoms with Crippen molar-refractivity contribution in [1.29, 1.82) is 0 Å². The van der Waals surface area contributed by atoms with E-state index in [-0.39, 0.29) is 17.0 Å². The molecule has 0 radical (unpaired) electrons. The summed E-state index contributed by atoms with van der Waals surface area (Å²) >= 11 is 6.04. The van der Waals surface area contributed by atoms with Crippen LogP contribution < -0.4 is 10.5 Å². The predicted molar refractivity (Wildman–Crippen MR) is 95.7 cm³/mol. The SMILES string of the molecule is COc1ccc(Cl)cc1-n1cc(S(=O)(=O)N2CC[C@H](N)C[C@@H]2C)cn1. The second-order valence-corrected chi connectivity index (χ2v) is 8.51. The van der Waals surface area contributed by atoms with Crippen molar-refractivity contribution in [3.63, 3.8) is 0 Å². The summed E-state index contributed by atoms with van der Waals surface area (Å²) in [6.45, 7) is 2.29. The van der Waals surface area contributed by atoms with Gasteiger partial charge in [-0.2, -0.15) is 9.40 Å². The Morgan fingerprint density at radius 3 is 2.84 bits per heavy atom. The van der Waals surface area contributed by atoms with Crippen LogP contribution in [0.15, 0.2) is 35.5 Å². The number of nitrogens with two attached hydrogens (primary N) is 1. The number of piperidine rings is 1. The van der Waals surface area contributed by atoms with Gasteiger partial charge in [0.05, 0.1) is 19.5 Å². The van der Waals surface area contributed by atoms with E-state index in [4.69, 9.17) is 22.1 Å². The zero-order chi connectivity index (χ0) is 18.2. The molecular formula is C16H21ClN4O3S. The summed E-state index contributed by atoms with van der Waals surface area (Å²) in [6.07, 6.45) is 4.12. The largest absolute Gasteiger partial charge is 0.494 e. The highest BCUT2D eigenvalue weighted by Crippen LogP contribution is 2.28. The molecular weight excluding hydrogens is 364 g/mol. The van der Waals surface area contributed by atoms with Gasteiger partial charge in [0.25, 0.3) is 0 Å². The lowest BCUT2D eigenvalue weighted by Gasteiger charge is -2.34. The first-order valence-electron chi connectivity index (χ1n) is 7.99. The van der Waals surface area contributed by atoms with Gasteiger partial charge in [-0.05, 0) is 38.0 Å². The van der Waals surface area contributed by atoms with Gasteiger partial charge in [0.1, 0.15) is 16.3 Å². The number of aromatic nitrogens is 2. The Morgan fingerprint density at radius 1 is 1.40 bits per heavy atom. The summed E-state index contributed by atoms with van der Waals surface area (Å²) in [4.78, 5) is 0.136. The van der Waals surface area contributed by atoms with E-state index < -0.39 is 10.0 Å². The fourth-order valence-electron chi connectivity index (χ4n) is 3.09. The minimum Gasteiger partial charge on any atom is -0.494 e. The van der Waals surface area contributed by atoms with E-state index in [0.717, 1.165) is 0 Å². The van der Waals surface area contributed by atoms with Gasteiger partial charge in [0.2, 0.25) is 10.0 Å². The van der Waals surface area contributed by atoms with Crippen molar-refractivity contribution in [3.05, 3.63) is 35.6 Å². The summed E-state index contributed by atoms with van der Waals surface area (Å²) in [6, 6.07) is 4.98. The molecule has 2 aromatic rings. The number of sulfonamides is 1. The van der Waals surface area contributed by atoms with E-state index in [9.17, 15) is 8.42 Å². The van der Waals surface area contributed by atoms with Crippen LogP contribution in [0.2, 0.25) is 5.02 Å². The van der Waals surface area contributed by atoms with Gasteiger partial charge < -0.3 is 10.5 Å². The molecule has 9 heteroatoms. The monoisotopic (exact) mass is 384 g/mol. The highest BCUT2D eigenvalue weighted by molar-refractivity contribution is 7.89. The first-order valence-corrected chi connectivity index (χ1v) is 9.80. The molecule has 0 bridgehead atoms. The van der Waals surface area contributed by atoms with E-state index in [1.54, 1.807) is 18.2 Å². The van der Waals surface area contributed by atoms with Crippen molar-refractivity contribution in [2.75, 3.05) is 13.7 Å². The fourth-order valence-corrected chi connectivity index (χ4v) is 4.85. The molecule has 1 fully saturated rings. The third-order valence-electron chi connectivity index (χ3n) is 4.41. The minimum absolute atomic E-state index is 0.0416. The maximum atomic E-state index is 12.9. The summed E-state index contributed by atoms with van der Waals surface area (Å²) in [7, 11) is -2.10. The number of hydrogen-bond donors (Lipinski definition) is 1. The molecule has 0 spiro atoms. The van der Waals surface area contributed by atoms with Crippen molar-refractivity contribution in [3.8, 4) is 11.4 Å². The molecule has 0 unspecified atom stereocenters. The van der Waals surface area contributed by atoms with Crippen LogP contribution in [0.3, 0.4) is 0 Å². The summed E-state index contributed by atoms with van der Waals surface area (Å²) < 4.78 is 34.1. The first kappa shape index (κ1) is 18.2. The van der Waals surface area contributed by atoms with Crippen molar-refractivity contribution < 1.29 is 13.2 Å². The van der Waals surface area contributed by atoms with Crippen molar-refractivity contribution >= 4 is 21.6 Å². The molecule has 1 aliphatic rings. The zero-order valence-electron chi connectivity index (χ0n) is 14.1. The van der Waals surface area contributed by atoms with Crippen molar-refractivity contribution in [2.24, 2.45) is 5.73 Å². The number of hydrogen-bond acceptors (Lipinski definition) is 5. The Morgan fingerprint density at radius 2 is 2.16 bits per heavy atom. The molecule has 2 N–H and O–H groups in total. The topological polar surface area (TPSA) is 90.5 Å². The molecule has 7 nitrogen and oxygen atoms in total. The zero-order valence-corrected chi connectivity index (χ0v) is 15.7. The van der Waals surface area contributed by atoms with E-state index in [1.807, 2.05) is 6.92 Å². The van der Waals surface area contributed by atoms with Crippen LogP contribution in [0.5, 0.6) is 5.75 Å². The number of rotatable bonds is 4. The average molecular weight is 385 g/mol. The summed E-state index contributed by atoms with van der Waals surface area (Å²) in [5.74, 6) is 0.550. The lowest BCUT2D eigenvalue weighted by Crippen LogP contribution is -2.48. The molecule has 2 atom stereocenters. The number of ether oxygens (including phenoxy) is 1. The number of halogens is 1. The summed E-state index contributed by atoms with van der Waals surface area (Å²) in [5, 5.41) is 4.69. The Balaban J connectivity index is 1.95. The lowest BCUT2D eigenvalue weighted by atomic mass is 10.0. The number of nitrogens with zero attached hydrogens (tertiary/aromatic N) is 3. The molecule has 3 rings (SSSR count). The Labute approximate surface area is 152 Å². The third kappa shape index (κ3) is 3.52. The number of methoxy groups -OCH3 is 1. The molecule has 1 saturated heterocycles. The second-order valence-electron chi connectivity index (χ2n) is 6.19. The Bertz CT molecular complexity index is 868. The van der Waals surface area contributed by atoms with E-state index in [1.165, 1.54) is 28.5 Å². The van der Waals surface area contributed by atoms with Crippen molar-refractivity contribution in [2.45, 2.75) is 36.7 Å². The molecule has 1 aromatic heterocycles. The van der Waals surface area contributed by atoms with E-state index in [2.05, 4.69) is 5.10 Å². The number of benzene rings is 1. The van der Waals surface area contributed by atoms with Gasteiger partial charge >= 0.3 is 0 Å². The van der Waals surface area contributed by atoms with Gasteiger partial charge in [-0.15, -0.1) is 0 Å². The molecule has 0 aliphatic carbocycles. The van der Waals surface area contributed by atoms with Crippen LogP contribution in [0.4, 0.5) is 0 Å². The molecule has 0 saturated carbocycles. The van der Waals surface area contributed by atoms with Crippen molar-refractivity contribution in [1.82, 2.24) is 14.1 Å². The van der Waals surface area contributed by atoms with Crippen LogP contribution in [-0.2, 0) is 10.0 Å². The molecule has 1 aromatic carbocycles. The van der Waals surface area contributed by atoms with E-state index >= 15 is 0 Å². The minimum atomic E-state index is -3.63. The van der Waals surface area contributed by atoms with Gasteiger partial charge in [0.15, 0.2) is 0 Å². The molecule has 0 amide bonds. The predicted octanol–water partition coefficient (Wildman–Crippen LogP) is 2.03. The quantitative estimate of drug-likeness (QED) is 0.871. The van der Waals surface area contributed by atoms with Crippen LogP contribution in [0, 0.1) is 0 Å². The molecule has 1 aliphatic heterocycles. The first-order chi connectivity index (χ1) is 11.8. The standard InChI is InChI=1S/C16H21ClN4O3S/c1-11-7-13(18)5-6-21(11)25(22,23)14-9-19-20(10-14)15-8-12(17)3-4-16(15)24-2/h3-4,8-11,13H,5-7,18H2,1-2H3/t11-,13-/m0/s1. The Kier molecular flexibility index (Phi) is 5.06. The lowest BCUT2D eigenvalue weighted by molar-refractivity contribution is 0.247. The highest BCUT2D eigenvalue weighted by atomic mass is 35.5. The van der Waals surface area contributed by atoms with Gasteiger partial charge in [-0.3, -0.25) is 0 Å². The van der Waals surface area contributed by atoms with Crippen LogP contribution >= 0.6 is 11.6 Å².